The summed E-state index contributed by atoms with van der Waals surface area (Å²) in [4.78, 5) is 39.3. The smallest absolute Gasteiger partial charge is 0.271 e. The third-order valence-electron chi connectivity index (χ3n) is 7.92. The largest absolute Gasteiger partial charge is 0.356 e. The number of hydrogen-bond donors (Lipinski definition) is 2. The fraction of sp³-hybridized carbons (Fsp3) is 0.464. The summed E-state index contributed by atoms with van der Waals surface area (Å²) in [7, 11) is 0. The molecule has 10 nitrogen and oxygen atoms in total. The van der Waals surface area contributed by atoms with E-state index in [9.17, 15) is 14.4 Å². The van der Waals surface area contributed by atoms with Gasteiger partial charge in [-0.3, -0.25) is 19.1 Å². The van der Waals surface area contributed by atoms with Crippen molar-refractivity contribution in [3.8, 4) is 11.3 Å². The van der Waals surface area contributed by atoms with Crippen LogP contribution in [0.15, 0.2) is 42.7 Å². The summed E-state index contributed by atoms with van der Waals surface area (Å²) in [6.45, 7) is 1.81. The Bertz CT molecular complexity index is 1340. The number of carbonyl (C=O) groups excluding carboxylic acids is 3. The number of ether oxygens (including phenoxy) is 1. The molecule has 10 heteroatoms. The second-order valence-electron chi connectivity index (χ2n) is 10.3. The number of carbonyl (C=O) groups is 3. The first kappa shape index (κ1) is 24.5. The summed E-state index contributed by atoms with van der Waals surface area (Å²) in [6, 6.07) is 9.54. The van der Waals surface area contributed by atoms with E-state index in [-0.39, 0.29) is 23.8 Å². The van der Waals surface area contributed by atoms with Crippen LogP contribution < -0.4 is 10.6 Å². The van der Waals surface area contributed by atoms with Crippen molar-refractivity contribution in [1.82, 2.24) is 24.9 Å². The van der Waals surface area contributed by atoms with Gasteiger partial charge in [0.25, 0.3) is 5.91 Å². The SMILES string of the molecule is O=C1NCCn2ncc(NC(=O)C3CCCCC3C(=O)c3ccc(-c4ccnn4C4CCCCO4)cc3)c21. The lowest BCUT2D eigenvalue weighted by molar-refractivity contribution is -0.122. The first-order valence-corrected chi connectivity index (χ1v) is 13.5. The van der Waals surface area contributed by atoms with Gasteiger partial charge in [-0.25, -0.2) is 4.68 Å². The number of benzene rings is 1. The predicted octanol–water partition coefficient (Wildman–Crippen LogP) is 3.82. The minimum absolute atomic E-state index is 0.0182. The molecule has 6 rings (SSSR count). The molecule has 1 aliphatic carbocycles. The Morgan fingerprint density at radius 3 is 2.55 bits per heavy atom. The maximum Gasteiger partial charge on any atom is 0.271 e. The van der Waals surface area contributed by atoms with Crippen molar-refractivity contribution in [1.29, 1.82) is 0 Å². The quantitative estimate of drug-likeness (QED) is 0.481. The second kappa shape index (κ2) is 10.5. The van der Waals surface area contributed by atoms with Crippen molar-refractivity contribution in [3.05, 3.63) is 54.0 Å². The van der Waals surface area contributed by atoms with Gasteiger partial charge in [0.15, 0.2) is 12.0 Å². The molecule has 1 saturated heterocycles. The van der Waals surface area contributed by atoms with Crippen LogP contribution >= 0.6 is 0 Å². The molecule has 2 aliphatic heterocycles. The average molecular weight is 517 g/mol. The maximum atomic E-state index is 13.6. The van der Waals surface area contributed by atoms with Gasteiger partial charge in [-0.15, -0.1) is 0 Å². The highest BCUT2D eigenvalue weighted by Gasteiger charge is 2.37. The second-order valence-corrected chi connectivity index (χ2v) is 10.3. The molecular weight excluding hydrogens is 484 g/mol. The van der Waals surface area contributed by atoms with Crippen LogP contribution in [-0.2, 0) is 16.1 Å². The zero-order chi connectivity index (χ0) is 26.1. The van der Waals surface area contributed by atoms with E-state index < -0.39 is 11.8 Å². The minimum Gasteiger partial charge on any atom is -0.356 e. The summed E-state index contributed by atoms with van der Waals surface area (Å²) in [6.07, 6.45) is 9.44. The summed E-state index contributed by atoms with van der Waals surface area (Å²) in [5, 5.41) is 14.4. The minimum atomic E-state index is -0.456. The van der Waals surface area contributed by atoms with Crippen LogP contribution in [0.4, 0.5) is 5.69 Å². The van der Waals surface area contributed by atoms with Gasteiger partial charge in [0.2, 0.25) is 5.91 Å². The number of nitrogens with zero attached hydrogens (tertiary/aromatic N) is 4. The number of ketones is 1. The fourth-order valence-electron chi connectivity index (χ4n) is 5.94. The molecule has 198 valence electrons. The Balaban J connectivity index is 1.18. The molecule has 0 radical (unpaired) electrons. The monoisotopic (exact) mass is 516 g/mol. The molecular formula is C28H32N6O4. The Labute approximate surface area is 220 Å². The van der Waals surface area contributed by atoms with E-state index in [1.54, 1.807) is 10.9 Å². The third-order valence-corrected chi connectivity index (χ3v) is 7.92. The van der Waals surface area contributed by atoms with E-state index >= 15 is 0 Å². The summed E-state index contributed by atoms with van der Waals surface area (Å²) < 4.78 is 9.44. The highest BCUT2D eigenvalue weighted by Crippen LogP contribution is 2.35. The van der Waals surface area contributed by atoms with Gasteiger partial charge >= 0.3 is 0 Å². The zero-order valence-electron chi connectivity index (χ0n) is 21.3. The topological polar surface area (TPSA) is 120 Å². The number of anilines is 1. The molecule has 2 amide bonds. The average Bonchev–Trinajstić information content (AvgIpc) is 3.62. The molecule has 3 unspecified atom stereocenters. The third kappa shape index (κ3) is 4.64. The Morgan fingerprint density at radius 2 is 1.76 bits per heavy atom. The van der Waals surface area contributed by atoms with Crippen LogP contribution in [-0.4, -0.2) is 50.3 Å². The standard InChI is InChI=1S/C28H32N6O4/c35-26(19-10-8-18(9-11-19)23-12-13-30-34(23)24-7-3-4-16-38-24)20-5-1-2-6-21(20)27(36)32-22-17-31-33-15-14-29-28(37)25(22)33/h8-13,17,20-21,24H,1-7,14-16H2,(H,29,37)(H,32,36). The molecule has 0 spiro atoms. The molecule has 3 atom stereocenters. The van der Waals surface area contributed by atoms with Gasteiger partial charge < -0.3 is 15.4 Å². The number of aromatic nitrogens is 4. The van der Waals surface area contributed by atoms with Gasteiger partial charge in [-0.05, 0) is 43.7 Å². The van der Waals surface area contributed by atoms with Crippen molar-refractivity contribution in [3.63, 3.8) is 0 Å². The van der Waals surface area contributed by atoms with Gasteiger partial charge in [-0.2, -0.15) is 10.2 Å². The number of rotatable bonds is 6. The van der Waals surface area contributed by atoms with Crippen molar-refractivity contribution < 1.29 is 19.1 Å². The van der Waals surface area contributed by atoms with Crippen molar-refractivity contribution >= 4 is 23.3 Å². The van der Waals surface area contributed by atoms with E-state index in [0.717, 1.165) is 50.0 Å². The number of nitrogens with one attached hydrogen (secondary N) is 2. The number of amides is 2. The van der Waals surface area contributed by atoms with Crippen LogP contribution in [0, 0.1) is 11.8 Å². The van der Waals surface area contributed by atoms with E-state index in [4.69, 9.17) is 4.74 Å². The van der Waals surface area contributed by atoms with E-state index in [0.29, 0.717) is 42.9 Å². The van der Waals surface area contributed by atoms with Crippen LogP contribution in [0.2, 0.25) is 0 Å². The van der Waals surface area contributed by atoms with Crippen molar-refractivity contribution in [2.24, 2.45) is 11.8 Å². The Hall–Kier alpha value is -3.79. The molecule has 3 aliphatic rings. The van der Waals surface area contributed by atoms with Crippen LogP contribution in [0.3, 0.4) is 0 Å². The summed E-state index contributed by atoms with van der Waals surface area (Å²) >= 11 is 0. The van der Waals surface area contributed by atoms with Crippen LogP contribution in [0.25, 0.3) is 11.3 Å². The molecule has 38 heavy (non-hydrogen) atoms. The summed E-state index contributed by atoms with van der Waals surface area (Å²) in [5.74, 6) is -1.36. The first-order valence-electron chi connectivity index (χ1n) is 13.5. The van der Waals surface area contributed by atoms with Gasteiger partial charge in [0.05, 0.1) is 24.1 Å². The number of hydrogen-bond acceptors (Lipinski definition) is 6. The van der Waals surface area contributed by atoms with Crippen molar-refractivity contribution in [2.75, 3.05) is 18.5 Å². The molecule has 4 heterocycles. The molecule has 3 aromatic rings. The highest BCUT2D eigenvalue weighted by atomic mass is 16.5. The maximum absolute atomic E-state index is 13.6. The van der Waals surface area contributed by atoms with E-state index in [1.165, 1.54) is 6.20 Å². The summed E-state index contributed by atoms with van der Waals surface area (Å²) in [5.41, 5.74) is 3.28. The molecule has 1 saturated carbocycles. The first-order chi connectivity index (χ1) is 18.6. The van der Waals surface area contributed by atoms with Crippen molar-refractivity contribution in [2.45, 2.75) is 57.7 Å². The lowest BCUT2D eigenvalue weighted by Gasteiger charge is -2.29. The van der Waals surface area contributed by atoms with Crippen LogP contribution in [0.1, 0.15) is 72.0 Å². The molecule has 2 fully saturated rings. The molecule has 2 aromatic heterocycles. The zero-order valence-corrected chi connectivity index (χ0v) is 21.3. The van der Waals surface area contributed by atoms with Crippen LogP contribution in [0.5, 0.6) is 0 Å². The lowest BCUT2D eigenvalue weighted by Crippen LogP contribution is -2.38. The fourth-order valence-corrected chi connectivity index (χ4v) is 5.94. The Kier molecular flexibility index (Phi) is 6.80. The van der Waals surface area contributed by atoms with Gasteiger partial charge in [0.1, 0.15) is 5.69 Å². The number of fused-ring (bicyclic) bond motifs is 1. The molecule has 1 aromatic carbocycles. The van der Waals surface area contributed by atoms with Gasteiger partial charge in [-0.1, -0.05) is 37.1 Å². The number of Topliss-reactive ketones (excluding diaryl/α,β-unsaturated/α-hetero) is 1. The normalized spacial score (nSPS) is 23.4. The highest BCUT2D eigenvalue weighted by molar-refractivity contribution is 6.06. The van der Waals surface area contributed by atoms with E-state index in [2.05, 4.69) is 20.8 Å². The Morgan fingerprint density at radius 1 is 0.974 bits per heavy atom. The predicted molar refractivity (Wildman–Crippen MR) is 139 cm³/mol. The van der Waals surface area contributed by atoms with Gasteiger partial charge in [0, 0.05) is 36.7 Å². The lowest BCUT2D eigenvalue weighted by atomic mass is 9.75. The molecule has 2 N–H and O–H groups in total. The molecule has 0 bridgehead atoms. The van der Waals surface area contributed by atoms with E-state index in [1.807, 2.05) is 35.0 Å².